The predicted octanol–water partition coefficient (Wildman–Crippen LogP) is 3.98. The summed E-state index contributed by atoms with van der Waals surface area (Å²) in [5.74, 6) is -0.424. The van der Waals surface area contributed by atoms with Crippen LogP contribution in [0.15, 0.2) is 60.7 Å². The van der Waals surface area contributed by atoms with E-state index in [9.17, 15) is 4.79 Å². The first-order valence-electron chi connectivity index (χ1n) is 7.17. The van der Waals surface area contributed by atoms with Crippen LogP contribution in [0.2, 0.25) is 0 Å². The molecule has 2 N–H and O–H groups in total. The van der Waals surface area contributed by atoms with Crippen molar-refractivity contribution in [1.82, 2.24) is 0 Å². The van der Waals surface area contributed by atoms with Gasteiger partial charge in [0.05, 0.1) is 11.6 Å². The second kappa shape index (κ2) is 6.17. The van der Waals surface area contributed by atoms with E-state index in [1.54, 1.807) is 12.1 Å². The van der Waals surface area contributed by atoms with Gasteiger partial charge in [-0.25, -0.2) is 0 Å². The fourth-order valence-corrected chi connectivity index (χ4v) is 2.39. The van der Waals surface area contributed by atoms with Crippen molar-refractivity contribution in [2.24, 2.45) is 5.73 Å². The van der Waals surface area contributed by atoms with Gasteiger partial charge in [-0.15, -0.1) is 0 Å². The number of carbonyl (C=O) groups excluding carboxylic acids is 1. The number of hydrogen-bond donors (Lipinski definition) is 1. The molecule has 0 aliphatic carbocycles. The van der Waals surface area contributed by atoms with Crippen LogP contribution in [0.25, 0.3) is 22.9 Å². The molecule has 0 spiro atoms. The van der Waals surface area contributed by atoms with Gasteiger partial charge in [0.2, 0.25) is 5.91 Å². The number of fused-ring (bicyclic) bond motifs is 1. The van der Waals surface area contributed by atoms with Crippen LogP contribution < -0.4 is 5.73 Å². The van der Waals surface area contributed by atoms with Gasteiger partial charge in [-0.2, -0.15) is 5.26 Å². The molecule has 3 aromatic carbocycles. The molecule has 0 aromatic heterocycles. The predicted molar refractivity (Wildman–Crippen MR) is 92.6 cm³/mol. The zero-order valence-corrected chi connectivity index (χ0v) is 12.4. The molecule has 23 heavy (non-hydrogen) atoms. The van der Waals surface area contributed by atoms with Crippen LogP contribution in [0, 0.1) is 11.3 Å². The van der Waals surface area contributed by atoms with Crippen LogP contribution in [0.5, 0.6) is 0 Å². The molecule has 0 fully saturated rings. The van der Waals surface area contributed by atoms with Gasteiger partial charge in [0.25, 0.3) is 0 Å². The summed E-state index contributed by atoms with van der Waals surface area (Å²) in [6, 6.07) is 21.0. The maximum atomic E-state index is 11.0. The summed E-state index contributed by atoms with van der Waals surface area (Å²) in [5.41, 5.74) is 8.45. The van der Waals surface area contributed by atoms with Crippen LogP contribution in [0.1, 0.15) is 27.0 Å². The molecule has 0 radical (unpaired) electrons. The Morgan fingerprint density at radius 1 is 0.870 bits per heavy atom. The van der Waals surface area contributed by atoms with E-state index in [0.717, 1.165) is 21.9 Å². The number of carbonyl (C=O) groups is 1. The summed E-state index contributed by atoms with van der Waals surface area (Å²) in [6.45, 7) is 0. The fourth-order valence-electron chi connectivity index (χ4n) is 2.39. The van der Waals surface area contributed by atoms with Crippen molar-refractivity contribution in [2.75, 3.05) is 0 Å². The van der Waals surface area contributed by atoms with Gasteiger partial charge in [0.15, 0.2) is 0 Å². The van der Waals surface area contributed by atoms with Crippen LogP contribution in [-0.4, -0.2) is 5.91 Å². The third-order valence-electron chi connectivity index (χ3n) is 3.66. The van der Waals surface area contributed by atoms with E-state index in [1.165, 1.54) is 0 Å². The van der Waals surface area contributed by atoms with Gasteiger partial charge in [-0.1, -0.05) is 42.5 Å². The molecule has 3 nitrogen and oxygen atoms in total. The van der Waals surface area contributed by atoms with E-state index in [-0.39, 0.29) is 0 Å². The lowest BCUT2D eigenvalue weighted by molar-refractivity contribution is 0.100. The molecular formula is C20H14N2O. The zero-order chi connectivity index (χ0) is 16.2. The normalized spacial score (nSPS) is 10.7. The van der Waals surface area contributed by atoms with Gasteiger partial charge >= 0.3 is 0 Å². The Hall–Kier alpha value is -3.38. The monoisotopic (exact) mass is 298 g/mol. The lowest BCUT2D eigenvalue weighted by Gasteiger charge is -2.01. The number of hydrogen-bond acceptors (Lipinski definition) is 2. The van der Waals surface area contributed by atoms with Crippen LogP contribution in [0.4, 0.5) is 0 Å². The van der Waals surface area contributed by atoms with Crippen molar-refractivity contribution >= 4 is 28.8 Å². The average molecular weight is 298 g/mol. The standard InChI is InChI=1S/C20H14N2O/c21-13-16-6-10-18-11-15(5-9-19(18)12-16)2-1-14-3-7-17(8-4-14)20(22)23/h1-12H,(H2,22,23)/b2-1+. The van der Waals surface area contributed by atoms with Crippen molar-refractivity contribution in [3.63, 3.8) is 0 Å². The maximum Gasteiger partial charge on any atom is 0.248 e. The van der Waals surface area contributed by atoms with Crippen molar-refractivity contribution in [1.29, 1.82) is 5.26 Å². The lowest BCUT2D eigenvalue weighted by Crippen LogP contribution is -2.10. The van der Waals surface area contributed by atoms with E-state index >= 15 is 0 Å². The minimum Gasteiger partial charge on any atom is -0.366 e. The number of benzene rings is 3. The summed E-state index contributed by atoms with van der Waals surface area (Å²) in [6.07, 6.45) is 3.99. The van der Waals surface area contributed by atoms with E-state index in [2.05, 4.69) is 12.1 Å². The van der Waals surface area contributed by atoms with Crippen LogP contribution in [0.3, 0.4) is 0 Å². The SMILES string of the molecule is N#Cc1ccc2cc(/C=C/c3ccc(C(N)=O)cc3)ccc2c1. The fraction of sp³-hybridized carbons (Fsp3) is 0. The number of amides is 1. The number of nitriles is 1. The third kappa shape index (κ3) is 3.28. The number of primary amides is 1. The molecule has 0 saturated carbocycles. The third-order valence-corrected chi connectivity index (χ3v) is 3.66. The molecule has 0 aliphatic rings. The molecule has 3 rings (SSSR count). The van der Waals surface area contributed by atoms with Gasteiger partial charge in [-0.05, 0) is 52.2 Å². The summed E-state index contributed by atoms with van der Waals surface area (Å²) in [7, 11) is 0. The molecule has 1 amide bonds. The highest BCUT2D eigenvalue weighted by atomic mass is 16.1. The van der Waals surface area contributed by atoms with Crippen molar-refractivity contribution in [2.45, 2.75) is 0 Å². The first-order chi connectivity index (χ1) is 11.2. The minimum atomic E-state index is -0.424. The van der Waals surface area contributed by atoms with E-state index in [1.807, 2.05) is 54.6 Å². The van der Waals surface area contributed by atoms with Crippen molar-refractivity contribution < 1.29 is 4.79 Å². The maximum absolute atomic E-state index is 11.0. The Bertz CT molecular complexity index is 948. The van der Waals surface area contributed by atoms with Gasteiger partial charge in [0, 0.05) is 5.56 Å². The quantitative estimate of drug-likeness (QED) is 0.743. The van der Waals surface area contributed by atoms with E-state index < -0.39 is 5.91 Å². The zero-order valence-electron chi connectivity index (χ0n) is 12.4. The van der Waals surface area contributed by atoms with E-state index in [0.29, 0.717) is 11.1 Å². The highest BCUT2D eigenvalue weighted by Crippen LogP contribution is 2.19. The second-order valence-electron chi connectivity index (χ2n) is 5.25. The summed E-state index contributed by atoms with van der Waals surface area (Å²) in [5, 5.41) is 11.1. The molecule has 0 atom stereocenters. The molecule has 0 unspecified atom stereocenters. The summed E-state index contributed by atoms with van der Waals surface area (Å²) < 4.78 is 0. The second-order valence-corrected chi connectivity index (χ2v) is 5.25. The number of nitrogens with zero attached hydrogens (tertiary/aromatic N) is 1. The van der Waals surface area contributed by atoms with Gasteiger partial charge in [0.1, 0.15) is 0 Å². The first kappa shape index (κ1) is 14.6. The molecule has 3 aromatic rings. The highest BCUT2D eigenvalue weighted by molar-refractivity contribution is 5.93. The lowest BCUT2D eigenvalue weighted by atomic mass is 10.0. The first-order valence-corrected chi connectivity index (χ1v) is 7.17. The topological polar surface area (TPSA) is 66.9 Å². The minimum absolute atomic E-state index is 0.424. The Morgan fingerprint density at radius 3 is 2.17 bits per heavy atom. The Balaban J connectivity index is 1.86. The summed E-state index contributed by atoms with van der Waals surface area (Å²) in [4.78, 5) is 11.0. The molecule has 0 bridgehead atoms. The highest BCUT2D eigenvalue weighted by Gasteiger charge is 1.99. The van der Waals surface area contributed by atoms with Crippen LogP contribution >= 0.6 is 0 Å². The smallest absolute Gasteiger partial charge is 0.248 e. The molecule has 0 saturated heterocycles. The summed E-state index contributed by atoms with van der Waals surface area (Å²) >= 11 is 0. The number of rotatable bonds is 3. The molecule has 0 aliphatic heterocycles. The van der Waals surface area contributed by atoms with Crippen molar-refractivity contribution in [3.8, 4) is 6.07 Å². The Labute approximate surface area is 134 Å². The van der Waals surface area contributed by atoms with Crippen molar-refractivity contribution in [3.05, 3.63) is 82.9 Å². The average Bonchev–Trinajstić information content (AvgIpc) is 2.59. The largest absolute Gasteiger partial charge is 0.366 e. The Kier molecular flexibility index (Phi) is 3.90. The van der Waals surface area contributed by atoms with Gasteiger partial charge in [-0.3, -0.25) is 4.79 Å². The number of nitrogens with two attached hydrogens (primary N) is 1. The van der Waals surface area contributed by atoms with Crippen LogP contribution in [-0.2, 0) is 0 Å². The van der Waals surface area contributed by atoms with E-state index in [4.69, 9.17) is 11.0 Å². The van der Waals surface area contributed by atoms with Gasteiger partial charge < -0.3 is 5.73 Å². The molecule has 0 heterocycles. The molecule has 110 valence electrons. The molecule has 3 heteroatoms. The Morgan fingerprint density at radius 2 is 1.48 bits per heavy atom. The molecular weight excluding hydrogens is 284 g/mol.